The fourth-order valence-corrected chi connectivity index (χ4v) is 3.79. The molecule has 3 N–H and O–H groups in total. The average Bonchev–Trinajstić information content (AvgIpc) is 2.71. The summed E-state index contributed by atoms with van der Waals surface area (Å²) >= 11 is 0. The predicted octanol–water partition coefficient (Wildman–Crippen LogP) is 2.60. The molecule has 1 amide bonds. The van der Waals surface area contributed by atoms with Gasteiger partial charge in [-0.25, -0.2) is 5.43 Å². The number of aliphatic hydroxyl groups is 1. The van der Waals surface area contributed by atoms with Crippen molar-refractivity contribution in [3.05, 3.63) is 65.7 Å². The van der Waals surface area contributed by atoms with E-state index in [-0.39, 0.29) is 23.7 Å². The molecule has 0 aliphatic heterocycles. The monoisotopic (exact) mass is 396 g/mol. The Morgan fingerprint density at radius 2 is 1.79 bits per heavy atom. The van der Waals surface area contributed by atoms with Gasteiger partial charge in [-0.2, -0.15) is 5.10 Å². The minimum atomic E-state index is -1.11. The van der Waals surface area contributed by atoms with Gasteiger partial charge in [0.2, 0.25) is 0 Å². The first-order valence-electron chi connectivity index (χ1n) is 9.32. The number of phenols is 1. The molecule has 152 valence electrons. The molecule has 0 saturated heterocycles. The number of carbonyl (C=O) groups excluding carboxylic acids is 2. The molecule has 7 heteroatoms. The fourth-order valence-electron chi connectivity index (χ4n) is 3.79. The van der Waals surface area contributed by atoms with Gasteiger partial charge in [-0.1, -0.05) is 42.5 Å². The van der Waals surface area contributed by atoms with Crippen LogP contribution in [0.4, 0.5) is 0 Å². The van der Waals surface area contributed by atoms with E-state index in [0.717, 1.165) is 5.56 Å². The topological polar surface area (TPSA) is 108 Å². The number of amides is 1. The Balaban J connectivity index is 1.95. The molecule has 0 aromatic heterocycles. The van der Waals surface area contributed by atoms with Crippen molar-refractivity contribution < 1.29 is 24.5 Å². The number of nitrogens with zero attached hydrogens (tertiary/aromatic N) is 1. The van der Waals surface area contributed by atoms with E-state index >= 15 is 0 Å². The van der Waals surface area contributed by atoms with Gasteiger partial charge in [-0.05, 0) is 31.0 Å². The Morgan fingerprint density at radius 1 is 1.14 bits per heavy atom. The summed E-state index contributed by atoms with van der Waals surface area (Å²) in [4.78, 5) is 25.0. The second kappa shape index (κ2) is 8.45. The van der Waals surface area contributed by atoms with Crippen molar-refractivity contribution in [3.8, 4) is 5.75 Å². The number of hydrogen-bond acceptors (Lipinski definition) is 6. The lowest BCUT2D eigenvalue weighted by Gasteiger charge is -2.39. The van der Waals surface area contributed by atoms with Crippen molar-refractivity contribution in [1.82, 2.24) is 5.43 Å². The highest BCUT2D eigenvalue weighted by Gasteiger charge is 2.45. The molecule has 0 radical (unpaired) electrons. The molecule has 3 atom stereocenters. The Labute approximate surface area is 169 Å². The second-order valence-corrected chi connectivity index (χ2v) is 7.46. The molecule has 3 rings (SSSR count). The maximum atomic E-state index is 12.6. The number of esters is 1. The molecule has 0 unspecified atom stereocenters. The van der Waals surface area contributed by atoms with Crippen molar-refractivity contribution in [2.45, 2.75) is 31.3 Å². The highest BCUT2D eigenvalue weighted by atomic mass is 16.5. The zero-order valence-electron chi connectivity index (χ0n) is 16.3. The lowest BCUT2D eigenvalue weighted by molar-refractivity contribution is -0.144. The molecule has 7 nitrogen and oxygen atoms in total. The van der Waals surface area contributed by atoms with Crippen LogP contribution < -0.4 is 5.43 Å². The SMILES string of the molecule is COC(=O)[C@@H]1/C(=N\NC(=O)c2ccccc2O)C[C@](C)(O)C[C@H]1c1ccccc1. The van der Waals surface area contributed by atoms with Crippen LogP contribution in [0.5, 0.6) is 5.75 Å². The number of aromatic hydroxyl groups is 1. The number of nitrogens with one attached hydrogen (secondary N) is 1. The zero-order chi connectivity index (χ0) is 21.0. The van der Waals surface area contributed by atoms with Gasteiger partial charge in [0.15, 0.2) is 0 Å². The summed E-state index contributed by atoms with van der Waals surface area (Å²) in [6, 6.07) is 15.5. The van der Waals surface area contributed by atoms with Crippen molar-refractivity contribution >= 4 is 17.6 Å². The summed E-state index contributed by atoms with van der Waals surface area (Å²) in [5.74, 6) is -2.36. The molecular weight excluding hydrogens is 372 g/mol. The molecule has 29 heavy (non-hydrogen) atoms. The first-order chi connectivity index (χ1) is 13.8. The third-order valence-corrected chi connectivity index (χ3v) is 5.12. The minimum absolute atomic E-state index is 0.0636. The first-order valence-corrected chi connectivity index (χ1v) is 9.32. The highest BCUT2D eigenvalue weighted by Crippen LogP contribution is 2.41. The summed E-state index contributed by atoms with van der Waals surface area (Å²) in [5.41, 5.74) is 2.56. The normalized spacial score (nSPS) is 25.4. The Hall–Kier alpha value is -3.19. The van der Waals surface area contributed by atoms with Crippen LogP contribution in [0.25, 0.3) is 0 Å². The average molecular weight is 396 g/mol. The quantitative estimate of drug-likeness (QED) is 0.544. The van der Waals surface area contributed by atoms with Crippen LogP contribution in [0.2, 0.25) is 0 Å². The number of para-hydroxylation sites is 1. The maximum Gasteiger partial charge on any atom is 0.315 e. The smallest absolute Gasteiger partial charge is 0.315 e. The lowest BCUT2D eigenvalue weighted by atomic mass is 9.68. The predicted molar refractivity (Wildman–Crippen MR) is 108 cm³/mol. The van der Waals surface area contributed by atoms with E-state index in [2.05, 4.69) is 10.5 Å². The molecule has 0 heterocycles. The third-order valence-electron chi connectivity index (χ3n) is 5.12. The summed E-state index contributed by atoms with van der Waals surface area (Å²) in [7, 11) is 1.30. The summed E-state index contributed by atoms with van der Waals surface area (Å²) < 4.78 is 5.00. The largest absolute Gasteiger partial charge is 0.507 e. The van der Waals surface area contributed by atoms with Crippen LogP contribution in [-0.4, -0.2) is 40.5 Å². The van der Waals surface area contributed by atoms with Gasteiger partial charge in [-0.15, -0.1) is 0 Å². The number of benzene rings is 2. The summed E-state index contributed by atoms with van der Waals surface area (Å²) in [6.45, 7) is 1.68. The second-order valence-electron chi connectivity index (χ2n) is 7.46. The summed E-state index contributed by atoms with van der Waals surface area (Å²) in [5, 5.41) is 24.8. The van der Waals surface area contributed by atoms with Gasteiger partial charge in [0.05, 0.1) is 24.0 Å². The number of ether oxygens (including phenoxy) is 1. The van der Waals surface area contributed by atoms with Gasteiger partial charge in [-0.3, -0.25) is 9.59 Å². The van der Waals surface area contributed by atoms with Crippen LogP contribution in [0.3, 0.4) is 0 Å². The lowest BCUT2D eigenvalue weighted by Crippen LogP contribution is -2.46. The molecule has 1 aliphatic carbocycles. The molecule has 2 aromatic carbocycles. The van der Waals surface area contributed by atoms with E-state index < -0.39 is 23.4 Å². The Morgan fingerprint density at radius 3 is 2.45 bits per heavy atom. The fraction of sp³-hybridized carbons (Fsp3) is 0.318. The van der Waals surface area contributed by atoms with Gasteiger partial charge in [0.25, 0.3) is 5.91 Å². The van der Waals surface area contributed by atoms with Crippen molar-refractivity contribution in [3.63, 3.8) is 0 Å². The molecular formula is C22H24N2O5. The molecule has 1 fully saturated rings. The maximum absolute atomic E-state index is 12.6. The van der Waals surface area contributed by atoms with Gasteiger partial charge in [0.1, 0.15) is 11.7 Å². The van der Waals surface area contributed by atoms with Crippen molar-refractivity contribution in [1.29, 1.82) is 0 Å². The van der Waals surface area contributed by atoms with Crippen LogP contribution in [0.1, 0.15) is 41.6 Å². The molecule has 0 bridgehead atoms. The standard InChI is InChI=1S/C22H24N2O5/c1-22(28)12-16(14-8-4-3-5-9-14)19(21(27)29-2)17(13-22)23-24-20(26)15-10-6-7-11-18(15)25/h3-11,16,19,25,28H,12-13H2,1-2H3,(H,24,26)/b23-17-/t16-,19-,22+/m0/s1. The number of hydrogen-bond donors (Lipinski definition) is 3. The third kappa shape index (κ3) is 4.63. The highest BCUT2D eigenvalue weighted by molar-refractivity contribution is 6.05. The van der Waals surface area contributed by atoms with Crippen LogP contribution in [0, 0.1) is 5.92 Å². The molecule has 1 saturated carbocycles. The van der Waals surface area contributed by atoms with E-state index in [9.17, 15) is 19.8 Å². The first kappa shape index (κ1) is 20.5. The van der Waals surface area contributed by atoms with Crippen molar-refractivity contribution in [2.24, 2.45) is 11.0 Å². The summed E-state index contributed by atoms with van der Waals surface area (Å²) in [6.07, 6.45) is 0.459. The Kier molecular flexibility index (Phi) is 5.98. The van der Waals surface area contributed by atoms with E-state index in [4.69, 9.17) is 4.74 Å². The zero-order valence-corrected chi connectivity index (χ0v) is 16.3. The van der Waals surface area contributed by atoms with E-state index in [1.807, 2.05) is 30.3 Å². The number of methoxy groups -OCH3 is 1. The van der Waals surface area contributed by atoms with Gasteiger partial charge < -0.3 is 14.9 Å². The number of phenolic OH excluding ortho intramolecular Hbond substituents is 1. The number of rotatable bonds is 4. The number of hydrazone groups is 1. The Bertz CT molecular complexity index is 924. The van der Waals surface area contributed by atoms with E-state index in [1.165, 1.54) is 19.2 Å². The van der Waals surface area contributed by atoms with Crippen molar-refractivity contribution in [2.75, 3.05) is 7.11 Å². The molecule has 2 aromatic rings. The van der Waals surface area contributed by atoms with E-state index in [1.54, 1.807) is 19.1 Å². The molecule has 1 aliphatic rings. The van der Waals surface area contributed by atoms with Gasteiger partial charge in [0, 0.05) is 12.3 Å². The minimum Gasteiger partial charge on any atom is -0.507 e. The molecule has 0 spiro atoms. The van der Waals surface area contributed by atoms with E-state index in [0.29, 0.717) is 12.1 Å². The van der Waals surface area contributed by atoms with Crippen LogP contribution >= 0.6 is 0 Å². The van der Waals surface area contributed by atoms with Crippen LogP contribution in [-0.2, 0) is 9.53 Å². The number of carbonyl (C=O) groups is 2. The van der Waals surface area contributed by atoms with Gasteiger partial charge >= 0.3 is 5.97 Å². The van der Waals surface area contributed by atoms with Crippen LogP contribution in [0.15, 0.2) is 59.7 Å².